The lowest BCUT2D eigenvalue weighted by atomic mass is 10.2. The minimum atomic E-state index is -0.619. The molecule has 3 aromatic carbocycles. The molecule has 4 rings (SSSR count). The Morgan fingerprint density at radius 2 is 1.83 bits per heavy atom. The predicted octanol–water partition coefficient (Wildman–Crippen LogP) is 8.08. The molecular formula is C25H17Cl3N2O6. The van der Waals surface area contributed by atoms with Gasteiger partial charge in [0, 0.05) is 17.2 Å². The third-order valence-electron chi connectivity index (χ3n) is 4.89. The Hall–Kier alpha value is -3.72. The summed E-state index contributed by atoms with van der Waals surface area (Å²) in [6, 6.07) is 16.8. The van der Waals surface area contributed by atoms with Gasteiger partial charge in [-0.15, -0.1) is 0 Å². The molecule has 0 bridgehead atoms. The van der Waals surface area contributed by atoms with Crippen molar-refractivity contribution >= 4 is 52.1 Å². The smallest absolute Gasteiger partial charge is 0.291 e. The molecule has 0 spiro atoms. The Kier molecular flexibility index (Phi) is 7.69. The maximum atomic E-state index is 12.7. The number of anilines is 1. The third-order valence-corrected chi connectivity index (χ3v) is 5.72. The van der Waals surface area contributed by atoms with E-state index < -0.39 is 10.8 Å². The van der Waals surface area contributed by atoms with Gasteiger partial charge in [0.25, 0.3) is 11.6 Å². The fourth-order valence-corrected chi connectivity index (χ4v) is 3.94. The number of rotatable bonds is 8. The quantitative estimate of drug-likeness (QED) is 0.177. The zero-order chi connectivity index (χ0) is 25.8. The molecule has 0 aliphatic carbocycles. The Morgan fingerprint density at radius 3 is 2.56 bits per heavy atom. The van der Waals surface area contributed by atoms with Crippen molar-refractivity contribution < 1.29 is 23.6 Å². The number of nitrogens with one attached hydrogen (secondary N) is 1. The van der Waals surface area contributed by atoms with Crippen LogP contribution in [-0.4, -0.2) is 10.8 Å². The van der Waals surface area contributed by atoms with Gasteiger partial charge in [0.15, 0.2) is 5.76 Å². The van der Waals surface area contributed by atoms with Crippen LogP contribution in [0.4, 0.5) is 11.4 Å². The fourth-order valence-electron chi connectivity index (χ4n) is 3.22. The van der Waals surface area contributed by atoms with Gasteiger partial charge in [0.05, 0.1) is 26.7 Å². The summed E-state index contributed by atoms with van der Waals surface area (Å²) in [6.45, 7) is 1.91. The first kappa shape index (κ1) is 25.4. The van der Waals surface area contributed by atoms with E-state index in [1.807, 2.05) is 19.1 Å². The molecule has 11 heteroatoms. The summed E-state index contributed by atoms with van der Waals surface area (Å²) in [4.78, 5) is 23.6. The maximum absolute atomic E-state index is 12.7. The Balaban J connectivity index is 1.49. The second-order valence-corrected chi connectivity index (χ2v) is 8.79. The highest BCUT2D eigenvalue weighted by molar-refractivity contribution is 6.35. The van der Waals surface area contributed by atoms with Crippen molar-refractivity contribution in [2.45, 2.75) is 13.5 Å². The van der Waals surface area contributed by atoms with Crippen LogP contribution < -0.4 is 14.8 Å². The lowest BCUT2D eigenvalue weighted by Gasteiger charge is -2.10. The molecule has 0 atom stereocenters. The number of para-hydroxylation sites is 1. The van der Waals surface area contributed by atoms with Gasteiger partial charge in [-0.1, -0.05) is 46.9 Å². The highest BCUT2D eigenvalue weighted by Gasteiger charge is 2.17. The summed E-state index contributed by atoms with van der Waals surface area (Å²) in [5.74, 6) is 0.604. The number of carbonyl (C=O) groups excluding carboxylic acids is 1. The molecule has 0 unspecified atom stereocenters. The second kappa shape index (κ2) is 10.9. The molecule has 184 valence electrons. The number of amides is 1. The maximum Gasteiger partial charge on any atom is 0.291 e. The lowest BCUT2D eigenvalue weighted by Crippen LogP contribution is -2.11. The molecule has 1 heterocycles. The zero-order valence-electron chi connectivity index (χ0n) is 18.6. The van der Waals surface area contributed by atoms with E-state index in [9.17, 15) is 14.9 Å². The van der Waals surface area contributed by atoms with Crippen LogP contribution in [-0.2, 0) is 6.61 Å². The van der Waals surface area contributed by atoms with E-state index in [-0.39, 0.29) is 40.3 Å². The predicted molar refractivity (Wildman–Crippen MR) is 137 cm³/mol. The number of benzene rings is 3. The molecule has 1 N–H and O–H groups in total. The summed E-state index contributed by atoms with van der Waals surface area (Å²) < 4.78 is 17.0. The van der Waals surface area contributed by atoms with Gasteiger partial charge in [-0.25, -0.2) is 0 Å². The molecule has 0 radical (unpaired) electrons. The molecule has 0 aliphatic heterocycles. The van der Waals surface area contributed by atoms with Crippen LogP contribution in [0.3, 0.4) is 0 Å². The largest absolute Gasteiger partial charge is 0.484 e. The lowest BCUT2D eigenvalue weighted by molar-refractivity contribution is -0.384. The van der Waals surface area contributed by atoms with Crippen LogP contribution in [0.2, 0.25) is 15.1 Å². The highest BCUT2D eigenvalue weighted by atomic mass is 35.5. The molecule has 1 amide bonds. The topological polar surface area (TPSA) is 104 Å². The van der Waals surface area contributed by atoms with Crippen molar-refractivity contribution in [3.05, 3.63) is 109 Å². The van der Waals surface area contributed by atoms with Gasteiger partial charge in [-0.2, -0.15) is 0 Å². The zero-order valence-corrected chi connectivity index (χ0v) is 20.9. The number of non-ortho nitro benzene ring substituents is 1. The van der Waals surface area contributed by atoms with Crippen molar-refractivity contribution in [2.24, 2.45) is 0 Å². The van der Waals surface area contributed by atoms with Crippen molar-refractivity contribution in [1.82, 2.24) is 0 Å². The number of nitro groups is 1. The molecule has 0 aliphatic rings. The Bertz CT molecular complexity index is 1430. The van der Waals surface area contributed by atoms with Gasteiger partial charge in [0.1, 0.15) is 29.6 Å². The van der Waals surface area contributed by atoms with Crippen LogP contribution in [0, 0.1) is 17.0 Å². The minimum absolute atomic E-state index is 0.0146. The molecule has 4 aromatic rings. The molecule has 8 nitrogen and oxygen atoms in total. The molecule has 1 aromatic heterocycles. The molecular weight excluding hydrogens is 531 g/mol. The van der Waals surface area contributed by atoms with E-state index in [2.05, 4.69) is 5.32 Å². The number of halogens is 3. The average Bonchev–Trinajstić information content (AvgIpc) is 3.30. The second-order valence-electron chi connectivity index (χ2n) is 7.54. The summed E-state index contributed by atoms with van der Waals surface area (Å²) in [5, 5.41) is 15.1. The number of aryl methyl sites for hydroxylation is 1. The first-order chi connectivity index (χ1) is 17.2. The summed E-state index contributed by atoms with van der Waals surface area (Å²) >= 11 is 18.2. The SMILES string of the molecule is Cc1cccc(Cl)c1OCc1ccc(C(=O)Nc2cc(Oc3ccc(Cl)cc3Cl)cc([N+](=O)[O-])c2)o1. The van der Waals surface area contributed by atoms with Crippen LogP contribution in [0.15, 0.2) is 71.1 Å². The normalized spacial score (nSPS) is 10.7. The van der Waals surface area contributed by atoms with Crippen molar-refractivity contribution in [1.29, 1.82) is 0 Å². The van der Waals surface area contributed by atoms with Gasteiger partial charge in [0.2, 0.25) is 0 Å². The van der Waals surface area contributed by atoms with Crippen molar-refractivity contribution in [3.63, 3.8) is 0 Å². The van der Waals surface area contributed by atoms with E-state index in [1.165, 1.54) is 36.4 Å². The Morgan fingerprint density at radius 1 is 1.03 bits per heavy atom. The molecule has 0 saturated carbocycles. The number of ether oxygens (including phenoxy) is 2. The number of carbonyl (C=O) groups is 1. The molecule has 0 fully saturated rings. The first-order valence-corrected chi connectivity index (χ1v) is 11.5. The van der Waals surface area contributed by atoms with E-state index >= 15 is 0 Å². The van der Waals surface area contributed by atoms with Gasteiger partial charge >= 0.3 is 0 Å². The standard InChI is InChI=1S/C25H17Cl3N2O6/c1-14-3-2-4-20(27)24(14)34-13-18-6-8-23(35-18)25(31)29-16-10-17(30(32)33)12-19(11-16)36-22-7-5-15(26)9-21(22)28/h2-12H,13H2,1H3,(H,29,31). The van der Waals surface area contributed by atoms with Gasteiger partial charge in [-0.3, -0.25) is 14.9 Å². The number of hydrogen-bond acceptors (Lipinski definition) is 6. The summed E-state index contributed by atoms with van der Waals surface area (Å²) in [5.41, 5.74) is 0.683. The van der Waals surface area contributed by atoms with E-state index in [0.29, 0.717) is 21.6 Å². The van der Waals surface area contributed by atoms with E-state index in [1.54, 1.807) is 18.2 Å². The monoisotopic (exact) mass is 546 g/mol. The first-order valence-electron chi connectivity index (χ1n) is 10.4. The average molecular weight is 548 g/mol. The molecule has 0 saturated heterocycles. The van der Waals surface area contributed by atoms with Crippen LogP contribution >= 0.6 is 34.8 Å². The number of nitro benzene ring substituents is 1. The van der Waals surface area contributed by atoms with Crippen LogP contribution in [0.25, 0.3) is 0 Å². The minimum Gasteiger partial charge on any atom is -0.484 e. The highest BCUT2D eigenvalue weighted by Crippen LogP contribution is 2.35. The third kappa shape index (κ3) is 6.09. The number of furan rings is 1. The van der Waals surface area contributed by atoms with Crippen LogP contribution in [0.1, 0.15) is 21.9 Å². The number of hydrogen-bond donors (Lipinski definition) is 1. The van der Waals surface area contributed by atoms with Crippen molar-refractivity contribution in [3.8, 4) is 17.2 Å². The number of nitrogens with zero attached hydrogens (tertiary/aromatic N) is 1. The molecule has 36 heavy (non-hydrogen) atoms. The van der Waals surface area contributed by atoms with E-state index in [4.69, 9.17) is 48.7 Å². The summed E-state index contributed by atoms with van der Waals surface area (Å²) in [6.07, 6.45) is 0. The fraction of sp³-hybridized carbons (Fsp3) is 0.0800. The van der Waals surface area contributed by atoms with Gasteiger partial charge < -0.3 is 19.2 Å². The van der Waals surface area contributed by atoms with Crippen molar-refractivity contribution in [2.75, 3.05) is 5.32 Å². The summed E-state index contributed by atoms with van der Waals surface area (Å²) in [7, 11) is 0. The van der Waals surface area contributed by atoms with Crippen LogP contribution in [0.5, 0.6) is 17.2 Å². The van der Waals surface area contributed by atoms with E-state index in [0.717, 1.165) is 5.56 Å². The van der Waals surface area contributed by atoms with Gasteiger partial charge in [-0.05, 0) is 48.9 Å². The Labute approximate surface area is 220 Å².